The lowest BCUT2D eigenvalue weighted by atomic mass is 9.53. The lowest BCUT2D eigenvalue weighted by Gasteiger charge is -2.48. The van der Waals surface area contributed by atoms with Gasteiger partial charge in [0.05, 0.1) is 36.9 Å². The molecule has 36 heavy (non-hydrogen) atoms. The van der Waals surface area contributed by atoms with Crippen LogP contribution >= 0.6 is 0 Å². The molecule has 0 unspecified atom stereocenters. The number of carbonyl (C=O) groups excluding carboxylic acids is 2. The largest absolute Gasteiger partial charge is 0.481 e. The molecular formula is C26H26N2O8. The number of pyridine rings is 2. The molecule has 2 bridgehead atoms. The number of carbonyl (C=O) groups is 4. The third-order valence-corrected chi connectivity index (χ3v) is 6.76. The van der Waals surface area contributed by atoms with Crippen molar-refractivity contribution in [3.05, 3.63) is 72.3 Å². The quantitative estimate of drug-likeness (QED) is 0.369. The molecule has 2 N–H and O–H groups in total. The highest BCUT2D eigenvalue weighted by atomic mass is 16.5. The Hall–Kier alpha value is -4.08. The maximum absolute atomic E-state index is 13.0. The number of nitrogens with zero attached hydrogens (tertiary/aromatic N) is 2. The maximum Gasteiger partial charge on any atom is 0.310 e. The Labute approximate surface area is 207 Å². The van der Waals surface area contributed by atoms with Crippen LogP contribution in [0.1, 0.15) is 11.4 Å². The third-order valence-electron chi connectivity index (χ3n) is 6.76. The number of ether oxygens (including phenoxy) is 2. The zero-order valence-electron chi connectivity index (χ0n) is 19.3. The first-order valence-corrected chi connectivity index (χ1v) is 11.7. The summed E-state index contributed by atoms with van der Waals surface area (Å²) in [4.78, 5) is 58.8. The Morgan fingerprint density at radius 3 is 1.42 bits per heavy atom. The molecular weight excluding hydrogens is 468 g/mol. The predicted molar refractivity (Wildman–Crippen MR) is 123 cm³/mol. The summed E-state index contributed by atoms with van der Waals surface area (Å²) < 4.78 is 10.7. The van der Waals surface area contributed by atoms with Crippen LogP contribution in [0.3, 0.4) is 0 Å². The molecule has 10 nitrogen and oxygen atoms in total. The molecule has 188 valence electrons. The molecule has 6 atom stereocenters. The highest BCUT2D eigenvalue weighted by Crippen LogP contribution is 2.52. The van der Waals surface area contributed by atoms with Gasteiger partial charge < -0.3 is 19.7 Å². The zero-order chi connectivity index (χ0) is 25.7. The van der Waals surface area contributed by atoms with Gasteiger partial charge in [0.1, 0.15) is 0 Å². The first-order chi connectivity index (χ1) is 17.4. The molecule has 5 rings (SSSR count). The highest BCUT2D eigenvalue weighted by Gasteiger charge is 2.61. The van der Waals surface area contributed by atoms with E-state index in [-0.39, 0.29) is 13.2 Å². The smallest absolute Gasteiger partial charge is 0.310 e. The Bertz CT molecular complexity index is 1050. The lowest BCUT2D eigenvalue weighted by molar-refractivity contribution is -0.182. The van der Waals surface area contributed by atoms with Crippen LogP contribution in [0.4, 0.5) is 0 Å². The van der Waals surface area contributed by atoms with E-state index in [1.54, 1.807) is 48.8 Å². The van der Waals surface area contributed by atoms with E-state index in [2.05, 4.69) is 9.97 Å². The van der Waals surface area contributed by atoms with Crippen molar-refractivity contribution >= 4 is 23.9 Å². The minimum Gasteiger partial charge on any atom is -0.481 e. The molecule has 0 aliphatic heterocycles. The molecule has 0 aromatic carbocycles. The standard InChI is InChI=1S/C26H26N2O8/c29-23(30)19-18-8-7-17(21(19)25(33)35-13-9-15-5-1-3-11-27-15)20(24(31)32)22(18)26(34)36-14-10-16-6-2-4-12-28-16/h1-8,11-12,17-22H,9-10,13-14H2,(H,29,30)(H,31,32)/t17-,18+,19+,20-,21-,22-/m1/s1. The van der Waals surface area contributed by atoms with E-state index in [0.29, 0.717) is 24.2 Å². The molecule has 0 spiro atoms. The second-order valence-electron chi connectivity index (χ2n) is 8.80. The summed E-state index contributed by atoms with van der Waals surface area (Å²) in [5, 5.41) is 19.9. The van der Waals surface area contributed by atoms with E-state index >= 15 is 0 Å². The van der Waals surface area contributed by atoms with Crippen LogP contribution in [0.15, 0.2) is 60.9 Å². The number of allylic oxidation sites excluding steroid dienone is 2. The Kier molecular flexibility index (Phi) is 7.72. The van der Waals surface area contributed by atoms with Crippen molar-refractivity contribution in [2.75, 3.05) is 13.2 Å². The van der Waals surface area contributed by atoms with Gasteiger partial charge in [0.25, 0.3) is 0 Å². The third kappa shape index (κ3) is 5.27. The average Bonchev–Trinajstić information content (AvgIpc) is 2.88. The van der Waals surface area contributed by atoms with E-state index < -0.39 is 59.4 Å². The van der Waals surface area contributed by atoms with Gasteiger partial charge in [-0.25, -0.2) is 0 Å². The van der Waals surface area contributed by atoms with Gasteiger partial charge in [0.2, 0.25) is 0 Å². The fourth-order valence-corrected chi connectivity index (χ4v) is 5.18. The number of rotatable bonds is 10. The Morgan fingerprint density at radius 2 is 1.08 bits per heavy atom. The second kappa shape index (κ2) is 11.1. The van der Waals surface area contributed by atoms with Crippen molar-refractivity contribution in [1.29, 1.82) is 0 Å². The number of hydrogen-bond donors (Lipinski definition) is 2. The van der Waals surface area contributed by atoms with Gasteiger partial charge in [-0.1, -0.05) is 24.3 Å². The minimum atomic E-state index is -1.31. The van der Waals surface area contributed by atoms with E-state index in [0.717, 1.165) is 0 Å². The summed E-state index contributed by atoms with van der Waals surface area (Å²) in [7, 11) is 0. The van der Waals surface area contributed by atoms with Crippen molar-refractivity contribution in [2.24, 2.45) is 35.5 Å². The summed E-state index contributed by atoms with van der Waals surface area (Å²) in [6, 6.07) is 10.6. The van der Waals surface area contributed by atoms with Crippen LogP contribution in [-0.4, -0.2) is 57.3 Å². The molecule has 10 heteroatoms. The van der Waals surface area contributed by atoms with Crippen molar-refractivity contribution in [3.8, 4) is 0 Å². The average molecular weight is 495 g/mol. The summed E-state index contributed by atoms with van der Waals surface area (Å²) in [5.74, 6) is -11.3. The van der Waals surface area contributed by atoms with E-state index in [1.165, 1.54) is 12.2 Å². The van der Waals surface area contributed by atoms with Gasteiger partial charge in [0.15, 0.2) is 0 Å². The second-order valence-corrected chi connectivity index (χ2v) is 8.80. The normalized spacial score (nSPS) is 26.2. The Morgan fingerprint density at radius 1 is 0.667 bits per heavy atom. The van der Waals surface area contributed by atoms with Gasteiger partial charge >= 0.3 is 23.9 Å². The van der Waals surface area contributed by atoms with Crippen LogP contribution in [0.25, 0.3) is 0 Å². The van der Waals surface area contributed by atoms with Gasteiger partial charge in [-0.2, -0.15) is 0 Å². The first-order valence-electron chi connectivity index (χ1n) is 11.7. The number of aliphatic carboxylic acids is 2. The summed E-state index contributed by atoms with van der Waals surface area (Å²) in [6.07, 6.45) is 6.91. The first kappa shape index (κ1) is 25.0. The molecule has 0 saturated heterocycles. The van der Waals surface area contributed by atoms with E-state index in [1.807, 2.05) is 0 Å². The van der Waals surface area contributed by atoms with Crippen LogP contribution in [0.2, 0.25) is 0 Å². The van der Waals surface area contributed by atoms with Gasteiger partial charge in [-0.3, -0.25) is 29.1 Å². The van der Waals surface area contributed by atoms with Gasteiger partial charge in [0, 0.05) is 48.5 Å². The monoisotopic (exact) mass is 494 g/mol. The molecule has 2 aromatic rings. The van der Waals surface area contributed by atoms with Gasteiger partial charge in [-0.05, 0) is 24.3 Å². The van der Waals surface area contributed by atoms with Crippen molar-refractivity contribution in [3.63, 3.8) is 0 Å². The fourth-order valence-electron chi connectivity index (χ4n) is 5.18. The zero-order valence-corrected chi connectivity index (χ0v) is 19.3. The Balaban J connectivity index is 1.48. The van der Waals surface area contributed by atoms with E-state index in [9.17, 15) is 29.4 Å². The number of esters is 2. The predicted octanol–water partition coefficient (Wildman–Crippen LogP) is 1.80. The molecule has 0 radical (unpaired) electrons. The fraction of sp³-hybridized carbons (Fsp3) is 0.385. The van der Waals surface area contributed by atoms with Crippen LogP contribution in [0.5, 0.6) is 0 Å². The lowest BCUT2D eigenvalue weighted by Crippen LogP contribution is -2.58. The number of carboxylic acids is 2. The van der Waals surface area contributed by atoms with Crippen LogP contribution < -0.4 is 0 Å². The number of carboxylic acid groups (broad SMARTS) is 2. The summed E-state index contributed by atoms with van der Waals surface area (Å²) >= 11 is 0. The number of hydrogen-bond acceptors (Lipinski definition) is 8. The van der Waals surface area contributed by atoms with Crippen LogP contribution in [0, 0.1) is 35.5 Å². The van der Waals surface area contributed by atoms with E-state index in [4.69, 9.17) is 9.47 Å². The SMILES string of the molecule is O=C(O)[C@@H]1[C@H]2C=C[C@H]([C@H]1C(=O)OCCc1ccccn1)[C@H](C(=O)O)[C@@H]2C(=O)OCCc1ccccn1. The topological polar surface area (TPSA) is 153 Å². The summed E-state index contributed by atoms with van der Waals surface area (Å²) in [6.45, 7) is -0.0625. The van der Waals surface area contributed by atoms with Gasteiger partial charge in [-0.15, -0.1) is 0 Å². The number of aromatic nitrogens is 2. The maximum atomic E-state index is 13.0. The molecule has 3 aliphatic carbocycles. The highest BCUT2D eigenvalue weighted by molar-refractivity contribution is 5.89. The molecule has 1 saturated carbocycles. The number of fused-ring (bicyclic) bond motifs is 2. The molecule has 1 fully saturated rings. The van der Waals surface area contributed by atoms with Crippen molar-refractivity contribution in [2.45, 2.75) is 12.8 Å². The molecule has 2 heterocycles. The molecule has 2 aromatic heterocycles. The van der Waals surface area contributed by atoms with Crippen molar-refractivity contribution in [1.82, 2.24) is 9.97 Å². The molecule has 3 aliphatic rings. The van der Waals surface area contributed by atoms with Crippen molar-refractivity contribution < 1.29 is 38.9 Å². The molecule has 0 amide bonds. The van der Waals surface area contributed by atoms with Crippen LogP contribution in [-0.2, 0) is 41.5 Å². The summed E-state index contributed by atoms with van der Waals surface area (Å²) in [5.41, 5.74) is 1.39. The minimum absolute atomic E-state index is 0.0312.